The van der Waals surface area contributed by atoms with Crippen LogP contribution in [0.3, 0.4) is 0 Å². The molecule has 2 amide bonds. The van der Waals surface area contributed by atoms with E-state index in [2.05, 4.69) is 48.5 Å². The molecule has 2 unspecified atom stereocenters. The first-order valence-corrected chi connectivity index (χ1v) is 10.0. The van der Waals surface area contributed by atoms with E-state index in [1.54, 1.807) is 0 Å². The van der Waals surface area contributed by atoms with E-state index in [-0.39, 0.29) is 11.6 Å². The van der Waals surface area contributed by atoms with Crippen LogP contribution in [0.5, 0.6) is 0 Å². The molecule has 27 heavy (non-hydrogen) atoms. The molecular weight excluding hydrogens is 334 g/mol. The van der Waals surface area contributed by atoms with Crippen LogP contribution in [0.25, 0.3) is 0 Å². The van der Waals surface area contributed by atoms with Gasteiger partial charge in [-0.05, 0) is 48.9 Å². The Morgan fingerprint density at radius 1 is 1.11 bits per heavy atom. The molecule has 0 spiro atoms. The smallest absolute Gasteiger partial charge is 0.315 e. The highest BCUT2D eigenvalue weighted by Gasteiger charge is 2.28. The van der Waals surface area contributed by atoms with Gasteiger partial charge >= 0.3 is 6.03 Å². The molecule has 2 atom stereocenters. The van der Waals surface area contributed by atoms with Crippen LogP contribution in [0.1, 0.15) is 57.6 Å². The van der Waals surface area contributed by atoms with Crippen LogP contribution < -0.4 is 10.6 Å². The lowest BCUT2D eigenvalue weighted by Crippen LogP contribution is -2.49. The second-order valence-electron chi connectivity index (χ2n) is 7.66. The first-order chi connectivity index (χ1) is 13.0. The second kappa shape index (κ2) is 10.7. The minimum atomic E-state index is -0.352. The predicted octanol–water partition coefficient (Wildman–Crippen LogP) is 5.06. The summed E-state index contributed by atoms with van der Waals surface area (Å²) in [5, 5.41) is 6.28. The van der Waals surface area contributed by atoms with Crippen molar-refractivity contribution in [3.8, 4) is 0 Å². The van der Waals surface area contributed by atoms with Crippen molar-refractivity contribution in [2.75, 3.05) is 6.54 Å². The van der Waals surface area contributed by atoms with Crippen molar-refractivity contribution >= 4 is 6.03 Å². The summed E-state index contributed by atoms with van der Waals surface area (Å²) < 4.78 is 0. The third-order valence-electron chi connectivity index (χ3n) is 5.03. The van der Waals surface area contributed by atoms with Gasteiger partial charge in [-0.25, -0.2) is 4.79 Å². The minimum Gasteiger partial charge on any atom is -0.338 e. The summed E-state index contributed by atoms with van der Waals surface area (Å²) in [4.78, 5) is 16.6. The summed E-state index contributed by atoms with van der Waals surface area (Å²) >= 11 is 0. The molecule has 0 saturated carbocycles. The lowest BCUT2D eigenvalue weighted by Gasteiger charge is -2.32. The van der Waals surface area contributed by atoms with Gasteiger partial charge in [0.25, 0.3) is 0 Å². The van der Waals surface area contributed by atoms with Crippen LogP contribution in [0.15, 0.2) is 54.9 Å². The monoisotopic (exact) mass is 367 g/mol. The largest absolute Gasteiger partial charge is 0.338 e. The SMILES string of the molecule is CCCCCC(C)(NC(=O)NCC(C)Cc1ccncc1)c1ccccc1. The van der Waals surface area contributed by atoms with Crippen LogP contribution in [-0.2, 0) is 12.0 Å². The van der Waals surface area contributed by atoms with Gasteiger partial charge in [0, 0.05) is 18.9 Å². The predicted molar refractivity (Wildman–Crippen MR) is 112 cm³/mol. The molecule has 0 bridgehead atoms. The zero-order valence-electron chi connectivity index (χ0n) is 16.9. The number of amides is 2. The highest BCUT2D eigenvalue weighted by atomic mass is 16.2. The molecule has 2 rings (SSSR count). The minimum absolute atomic E-state index is 0.0978. The number of carbonyl (C=O) groups excluding carboxylic acids is 1. The van der Waals surface area contributed by atoms with Gasteiger partial charge in [-0.3, -0.25) is 4.98 Å². The number of pyridine rings is 1. The van der Waals surface area contributed by atoms with Crippen LogP contribution in [0, 0.1) is 5.92 Å². The van der Waals surface area contributed by atoms with Crippen molar-refractivity contribution in [2.45, 2.75) is 58.4 Å². The Morgan fingerprint density at radius 2 is 1.81 bits per heavy atom. The molecule has 0 aliphatic rings. The van der Waals surface area contributed by atoms with Gasteiger partial charge < -0.3 is 10.6 Å². The van der Waals surface area contributed by atoms with E-state index in [0.29, 0.717) is 12.5 Å². The highest BCUT2D eigenvalue weighted by molar-refractivity contribution is 5.75. The molecule has 2 aromatic rings. The number of hydrogen-bond acceptors (Lipinski definition) is 2. The van der Waals surface area contributed by atoms with Gasteiger partial charge in [-0.2, -0.15) is 0 Å². The number of carbonyl (C=O) groups is 1. The maximum Gasteiger partial charge on any atom is 0.315 e. The van der Waals surface area contributed by atoms with E-state index in [9.17, 15) is 4.79 Å². The van der Waals surface area contributed by atoms with E-state index >= 15 is 0 Å². The zero-order valence-corrected chi connectivity index (χ0v) is 16.9. The maximum absolute atomic E-state index is 12.6. The normalized spacial score (nSPS) is 14.2. The molecule has 0 fully saturated rings. The van der Waals surface area contributed by atoms with Gasteiger partial charge in [0.15, 0.2) is 0 Å². The summed E-state index contributed by atoms with van der Waals surface area (Å²) in [7, 11) is 0. The first-order valence-electron chi connectivity index (χ1n) is 10.0. The fourth-order valence-corrected chi connectivity index (χ4v) is 3.37. The van der Waals surface area contributed by atoms with Gasteiger partial charge in [0.1, 0.15) is 0 Å². The van der Waals surface area contributed by atoms with E-state index in [1.165, 1.54) is 18.4 Å². The lowest BCUT2D eigenvalue weighted by atomic mass is 9.86. The fraction of sp³-hybridized carbons (Fsp3) is 0.478. The number of hydrogen-bond donors (Lipinski definition) is 2. The molecule has 0 aliphatic heterocycles. The van der Waals surface area contributed by atoms with Crippen LogP contribution >= 0.6 is 0 Å². The third kappa shape index (κ3) is 7.05. The topological polar surface area (TPSA) is 54.0 Å². The van der Waals surface area contributed by atoms with Crippen molar-refractivity contribution in [2.24, 2.45) is 5.92 Å². The van der Waals surface area contributed by atoms with E-state index in [0.717, 1.165) is 24.8 Å². The number of aromatic nitrogens is 1. The average molecular weight is 368 g/mol. The Morgan fingerprint density at radius 3 is 2.48 bits per heavy atom. The molecule has 0 radical (unpaired) electrons. The molecule has 1 heterocycles. The van der Waals surface area contributed by atoms with Gasteiger partial charge in [0.05, 0.1) is 5.54 Å². The molecule has 4 heteroatoms. The average Bonchev–Trinajstić information content (AvgIpc) is 2.68. The third-order valence-corrected chi connectivity index (χ3v) is 5.03. The number of nitrogens with one attached hydrogen (secondary N) is 2. The molecule has 146 valence electrons. The Hall–Kier alpha value is -2.36. The molecule has 0 aliphatic carbocycles. The van der Waals surface area contributed by atoms with Gasteiger partial charge in [-0.15, -0.1) is 0 Å². The summed E-state index contributed by atoms with van der Waals surface area (Å²) in [6, 6.07) is 14.2. The Balaban J connectivity index is 1.91. The first kappa shape index (κ1) is 20.9. The summed E-state index contributed by atoms with van der Waals surface area (Å²) in [6.45, 7) is 7.12. The van der Waals surface area contributed by atoms with E-state index in [4.69, 9.17) is 0 Å². The van der Waals surface area contributed by atoms with Gasteiger partial charge in [0.2, 0.25) is 0 Å². The maximum atomic E-state index is 12.6. The van der Waals surface area contributed by atoms with Crippen molar-refractivity contribution in [3.05, 3.63) is 66.0 Å². The standard InChI is InChI=1S/C23H33N3O/c1-4-5-9-14-23(3,21-10-7-6-8-11-21)26-22(27)25-18-19(2)17-20-12-15-24-16-13-20/h6-8,10-13,15-16,19H,4-5,9,14,17-18H2,1-3H3,(H2,25,26,27). The fourth-order valence-electron chi connectivity index (χ4n) is 3.37. The molecule has 1 aromatic heterocycles. The summed E-state index contributed by atoms with van der Waals surface area (Å²) in [5.74, 6) is 0.362. The van der Waals surface area contributed by atoms with Crippen LogP contribution in [0.2, 0.25) is 0 Å². The summed E-state index contributed by atoms with van der Waals surface area (Å²) in [5.41, 5.74) is 2.05. The highest BCUT2D eigenvalue weighted by Crippen LogP contribution is 2.27. The van der Waals surface area contributed by atoms with Gasteiger partial charge in [-0.1, -0.05) is 63.4 Å². The van der Waals surface area contributed by atoms with Crippen LogP contribution in [-0.4, -0.2) is 17.6 Å². The molecule has 2 N–H and O–H groups in total. The number of nitrogens with zero attached hydrogens (tertiary/aromatic N) is 1. The molecule has 0 saturated heterocycles. The molecule has 1 aromatic carbocycles. The summed E-state index contributed by atoms with van der Waals surface area (Å²) in [6.07, 6.45) is 8.92. The number of unbranched alkanes of at least 4 members (excludes halogenated alkanes) is 2. The Labute approximate surface area is 163 Å². The van der Waals surface area contributed by atoms with Crippen molar-refractivity contribution in [1.82, 2.24) is 15.6 Å². The lowest BCUT2D eigenvalue weighted by molar-refractivity contribution is 0.222. The molecule has 4 nitrogen and oxygen atoms in total. The number of benzene rings is 1. The van der Waals surface area contributed by atoms with E-state index < -0.39 is 0 Å². The van der Waals surface area contributed by atoms with E-state index in [1.807, 2.05) is 42.7 Å². The second-order valence-corrected chi connectivity index (χ2v) is 7.66. The van der Waals surface area contributed by atoms with Crippen molar-refractivity contribution < 1.29 is 4.79 Å². The van der Waals surface area contributed by atoms with Crippen LogP contribution in [0.4, 0.5) is 4.79 Å². The molecular formula is C23H33N3O. The number of urea groups is 1. The number of rotatable bonds is 10. The van der Waals surface area contributed by atoms with Crippen molar-refractivity contribution in [1.29, 1.82) is 0 Å². The van der Waals surface area contributed by atoms with Crippen molar-refractivity contribution in [3.63, 3.8) is 0 Å². The zero-order chi connectivity index (χ0) is 19.5. The Bertz CT molecular complexity index is 675. The Kier molecular flexibility index (Phi) is 8.31. The quantitative estimate of drug-likeness (QED) is 0.577.